The minimum atomic E-state index is -0.0127. The number of benzene rings is 1. The molecule has 0 bridgehead atoms. The van der Waals surface area contributed by atoms with Crippen molar-refractivity contribution in [2.75, 3.05) is 6.54 Å². The number of alkyl halides is 1. The Labute approximate surface area is 108 Å². The number of rotatable bonds is 6. The molecule has 0 heterocycles. The van der Waals surface area contributed by atoms with Crippen molar-refractivity contribution in [3.63, 3.8) is 0 Å². The monoisotopic (exact) mass is 253 g/mol. The Hall–Kier alpha value is -1.02. The van der Waals surface area contributed by atoms with E-state index in [2.05, 4.69) is 12.2 Å². The van der Waals surface area contributed by atoms with Crippen LogP contribution in [0.15, 0.2) is 18.2 Å². The van der Waals surface area contributed by atoms with E-state index in [0.717, 1.165) is 24.8 Å². The van der Waals surface area contributed by atoms with Gasteiger partial charge in [-0.15, -0.1) is 11.6 Å². The van der Waals surface area contributed by atoms with Gasteiger partial charge >= 0.3 is 0 Å². The molecule has 0 saturated heterocycles. The predicted octanol–water partition coefficient (Wildman–Crippen LogP) is 3.52. The van der Waals surface area contributed by atoms with Gasteiger partial charge in [-0.1, -0.05) is 26.3 Å². The molecule has 17 heavy (non-hydrogen) atoms. The molecule has 0 atom stereocenters. The number of amides is 1. The molecule has 0 radical (unpaired) electrons. The van der Waals surface area contributed by atoms with Crippen molar-refractivity contribution in [3.8, 4) is 0 Å². The summed E-state index contributed by atoms with van der Waals surface area (Å²) in [5.41, 5.74) is 3.01. The molecule has 2 nitrogen and oxygen atoms in total. The summed E-state index contributed by atoms with van der Waals surface area (Å²) in [5, 5.41) is 2.87. The first-order chi connectivity index (χ1) is 8.22. The average Bonchev–Trinajstić information content (AvgIpc) is 2.36. The van der Waals surface area contributed by atoms with Crippen LogP contribution < -0.4 is 5.32 Å². The maximum Gasteiger partial charge on any atom is 0.251 e. The molecule has 3 heteroatoms. The van der Waals surface area contributed by atoms with Crippen LogP contribution in [0.1, 0.15) is 48.2 Å². The predicted molar refractivity (Wildman–Crippen MR) is 72.6 cm³/mol. The molecule has 0 fully saturated rings. The van der Waals surface area contributed by atoms with Gasteiger partial charge < -0.3 is 5.32 Å². The van der Waals surface area contributed by atoms with Gasteiger partial charge in [-0.25, -0.2) is 0 Å². The van der Waals surface area contributed by atoms with E-state index in [-0.39, 0.29) is 5.91 Å². The number of hydrogen-bond acceptors (Lipinski definition) is 1. The third-order valence-electron chi connectivity index (χ3n) is 2.67. The zero-order chi connectivity index (χ0) is 12.7. The minimum Gasteiger partial charge on any atom is -0.352 e. The molecule has 0 aromatic heterocycles. The molecule has 0 spiro atoms. The lowest BCUT2D eigenvalue weighted by molar-refractivity contribution is 0.0953. The molecule has 0 aliphatic heterocycles. The van der Waals surface area contributed by atoms with Crippen LogP contribution in [0.25, 0.3) is 0 Å². The van der Waals surface area contributed by atoms with Crippen molar-refractivity contribution >= 4 is 17.5 Å². The number of hydrogen-bond donors (Lipinski definition) is 1. The fourth-order valence-corrected chi connectivity index (χ4v) is 1.99. The number of carbonyl (C=O) groups excluding carboxylic acids is 1. The van der Waals surface area contributed by atoms with E-state index < -0.39 is 0 Å². The highest BCUT2D eigenvalue weighted by Crippen LogP contribution is 2.16. The Balaban J connectivity index is 2.84. The third kappa shape index (κ3) is 4.04. The van der Waals surface area contributed by atoms with Gasteiger partial charge in [0.15, 0.2) is 0 Å². The SMILES string of the molecule is CCCNC(=O)c1ccc(CCC)c(CCl)c1. The Morgan fingerprint density at radius 3 is 2.59 bits per heavy atom. The van der Waals surface area contributed by atoms with Crippen LogP contribution in [0.3, 0.4) is 0 Å². The fraction of sp³-hybridized carbons (Fsp3) is 0.500. The lowest BCUT2D eigenvalue weighted by Gasteiger charge is -2.09. The topological polar surface area (TPSA) is 29.1 Å². The standard InChI is InChI=1S/C14H20ClNO/c1-3-5-11-6-7-12(9-13(11)10-15)14(17)16-8-4-2/h6-7,9H,3-5,8,10H2,1-2H3,(H,16,17). The Morgan fingerprint density at radius 1 is 1.24 bits per heavy atom. The van der Waals surface area contributed by atoms with Gasteiger partial charge in [0.25, 0.3) is 5.91 Å². The number of halogens is 1. The van der Waals surface area contributed by atoms with E-state index in [4.69, 9.17) is 11.6 Å². The first kappa shape index (κ1) is 14.0. The quantitative estimate of drug-likeness (QED) is 0.773. The summed E-state index contributed by atoms with van der Waals surface area (Å²) in [6.45, 7) is 4.89. The molecule has 94 valence electrons. The lowest BCUT2D eigenvalue weighted by Crippen LogP contribution is -2.24. The van der Waals surface area contributed by atoms with Gasteiger partial charge in [0.05, 0.1) is 0 Å². The van der Waals surface area contributed by atoms with Crippen LogP contribution in [0, 0.1) is 0 Å². The van der Waals surface area contributed by atoms with Crippen LogP contribution in [0.5, 0.6) is 0 Å². The van der Waals surface area contributed by atoms with Gasteiger partial charge in [0, 0.05) is 18.0 Å². The fourth-order valence-electron chi connectivity index (χ4n) is 1.75. The second kappa shape index (κ2) is 7.33. The summed E-state index contributed by atoms with van der Waals surface area (Å²) in [6.07, 6.45) is 3.05. The van der Waals surface area contributed by atoms with Gasteiger partial charge in [-0.2, -0.15) is 0 Å². The molecule has 1 N–H and O–H groups in total. The van der Waals surface area contributed by atoms with E-state index in [1.807, 2.05) is 25.1 Å². The second-order valence-electron chi connectivity index (χ2n) is 4.12. The van der Waals surface area contributed by atoms with E-state index >= 15 is 0 Å². The van der Waals surface area contributed by atoms with Crippen LogP contribution in [0.2, 0.25) is 0 Å². The van der Waals surface area contributed by atoms with E-state index in [0.29, 0.717) is 18.0 Å². The summed E-state index contributed by atoms with van der Waals surface area (Å²) in [7, 11) is 0. The zero-order valence-electron chi connectivity index (χ0n) is 10.6. The summed E-state index contributed by atoms with van der Waals surface area (Å²) in [6, 6.07) is 5.80. The van der Waals surface area contributed by atoms with Gasteiger partial charge in [0.1, 0.15) is 0 Å². The van der Waals surface area contributed by atoms with Gasteiger partial charge in [0.2, 0.25) is 0 Å². The zero-order valence-corrected chi connectivity index (χ0v) is 11.3. The molecule has 1 rings (SSSR count). The Bertz CT molecular complexity index is 376. The number of nitrogens with one attached hydrogen (secondary N) is 1. The van der Waals surface area contributed by atoms with Crippen molar-refractivity contribution in [2.24, 2.45) is 0 Å². The Morgan fingerprint density at radius 2 is 2.00 bits per heavy atom. The molecule has 0 unspecified atom stereocenters. The Kier molecular flexibility index (Phi) is 6.06. The molecule has 0 saturated carbocycles. The first-order valence-electron chi connectivity index (χ1n) is 6.18. The molecular weight excluding hydrogens is 234 g/mol. The van der Waals surface area contributed by atoms with Crippen molar-refractivity contribution in [1.82, 2.24) is 5.32 Å². The summed E-state index contributed by atoms with van der Waals surface area (Å²) in [5.74, 6) is 0.450. The third-order valence-corrected chi connectivity index (χ3v) is 2.96. The maximum absolute atomic E-state index is 11.8. The van der Waals surface area contributed by atoms with Crippen LogP contribution >= 0.6 is 11.6 Å². The molecule has 0 aliphatic rings. The number of aryl methyl sites for hydroxylation is 1. The molecule has 1 aromatic carbocycles. The normalized spacial score (nSPS) is 10.3. The maximum atomic E-state index is 11.8. The highest BCUT2D eigenvalue weighted by molar-refractivity contribution is 6.17. The van der Waals surface area contributed by atoms with Crippen molar-refractivity contribution in [3.05, 3.63) is 34.9 Å². The van der Waals surface area contributed by atoms with Crippen LogP contribution in [0.4, 0.5) is 0 Å². The molecular formula is C14H20ClNO. The second-order valence-corrected chi connectivity index (χ2v) is 4.39. The highest BCUT2D eigenvalue weighted by Gasteiger charge is 2.08. The van der Waals surface area contributed by atoms with E-state index in [1.54, 1.807) is 0 Å². The summed E-state index contributed by atoms with van der Waals surface area (Å²) in [4.78, 5) is 11.8. The molecule has 1 aromatic rings. The van der Waals surface area contributed by atoms with Crippen molar-refractivity contribution in [2.45, 2.75) is 39.0 Å². The first-order valence-corrected chi connectivity index (χ1v) is 6.72. The van der Waals surface area contributed by atoms with E-state index in [1.165, 1.54) is 5.56 Å². The van der Waals surface area contributed by atoms with Crippen LogP contribution in [-0.2, 0) is 12.3 Å². The smallest absolute Gasteiger partial charge is 0.251 e. The van der Waals surface area contributed by atoms with Crippen LogP contribution in [-0.4, -0.2) is 12.5 Å². The average molecular weight is 254 g/mol. The lowest BCUT2D eigenvalue weighted by atomic mass is 10.0. The highest BCUT2D eigenvalue weighted by atomic mass is 35.5. The molecule has 1 amide bonds. The number of carbonyl (C=O) groups is 1. The van der Waals surface area contributed by atoms with Crippen molar-refractivity contribution < 1.29 is 4.79 Å². The summed E-state index contributed by atoms with van der Waals surface area (Å²) < 4.78 is 0. The van der Waals surface area contributed by atoms with Gasteiger partial charge in [-0.05, 0) is 36.1 Å². The summed E-state index contributed by atoms with van der Waals surface area (Å²) >= 11 is 5.92. The van der Waals surface area contributed by atoms with E-state index in [9.17, 15) is 4.79 Å². The van der Waals surface area contributed by atoms with Gasteiger partial charge in [-0.3, -0.25) is 4.79 Å². The minimum absolute atomic E-state index is 0.0127. The molecule has 0 aliphatic carbocycles. The van der Waals surface area contributed by atoms with Crippen molar-refractivity contribution in [1.29, 1.82) is 0 Å². The largest absolute Gasteiger partial charge is 0.352 e.